The number of carbonyl (C=O) groups excluding carboxylic acids is 2. The molecule has 1 aromatic carbocycles. The second-order valence-electron chi connectivity index (χ2n) is 7.26. The van der Waals surface area contributed by atoms with Crippen molar-refractivity contribution >= 4 is 17.7 Å². The van der Waals surface area contributed by atoms with Crippen LogP contribution in [-0.4, -0.2) is 122 Å². The Hall–Kier alpha value is -2.45. The summed E-state index contributed by atoms with van der Waals surface area (Å²) in [5.41, 5.74) is 0.291. The highest BCUT2D eigenvalue weighted by molar-refractivity contribution is 6.40. The number of benzene rings is 1. The van der Waals surface area contributed by atoms with Crippen molar-refractivity contribution in [2.24, 2.45) is 0 Å². The van der Waals surface area contributed by atoms with Crippen LogP contribution in [-0.2, 0) is 47.5 Å². The van der Waals surface area contributed by atoms with Crippen molar-refractivity contribution < 1.29 is 57.4 Å². The van der Waals surface area contributed by atoms with Gasteiger partial charge in [-0.25, -0.2) is 4.79 Å². The maximum Gasteiger partial charge on any atom is 0.379 e. The second kappa shape index (κ2) is 23.9. The molecule has 12 heteroatoms. The van der Waals surface area contributed by atoms with Gasteiger partial charge in [-0.15, -0.1) is 0 Å². The third-order valence-electron chi connectivity index (χ3n) is 4.37. The predicted octanol–water partition coefficient (Wildman–Crippen LogP) is 1.00. The zero-order valence-electron chi connectivity index (χ0n) is 21.1. The molecule has 0 aliphatic heterocycles. The molecule has 1 aromatic rings. The summed E-state index contributed by atoms with van der Waals surface area (Å²) in [5, 5.41) is 8.46. The summed E-state index contributed by atoms with van der Waals surface area (Å²) in [6.45, 7) is 5.30. The second-order valence-corrected chi connectivity index (χ2v) is 7.26. The number of hydrogen-bond acceptors (Lipinski definition) is 11. The lowest BCUT2D eigenvalue weighted by atomic mass is 10.1. The Kier molecular flexibility index (Phi) is 21.1. The van der Waals surface area contributed by atoms with Gasteiger partial charge in [0.2, 0.25) is 0 Å². The molecule has 0 spiro atoms. The van der Waals surface area contributed by atoms with E-state index in [0.717, 1.165) is 0 Å². The van der Waals surface area contributed by atoms with Gasteiger partial charge in [0.05, 0.1) is 98.9 Å². The third-order valence-corrected chi connectivity index (χ3v) is 4.37. The van der Waals surface area contributed by atoms with Crippen LogP contribution in [0.15, 0.2) is 30.3 Å². The van der Waals surface area contributed by atoms with Crippen LogP contribution < -0.4 is 0 Å². The molecule has 0 aromatic heterocycles. The predicted molar refractivity (Wildman–Crippen MR) is 130 cm³/mol. The van der Waals surface area contributed by atoms with E-state index in [4.69, 9.17) is 43.0 Å². The van der Waals surface area contributed by atoms with Gasteiger partial charge in [0, 0.05) is 5.56 Å². The Balaban J connectivity index is 1.72. The van der Waals surface area contributed by atoms with E-state index < -0.39 is 17.7 Å². The fourth-order valence-electron chi connectivity index (χ4n) is 2.55. The molecule has 210 valence electrons. The smallest absolute Gasteiger partial charge is 0.379 e. The number of carboxylic acid groups (broad SMARTS) is 1. The van der Waals surface area contributed by atoms with Crippen LogP contribution in [0.25, 0.3) is 0 Å². The first-order valence-corrected chi connectivity index (χ1v) is 12.1. The Bertz CT molecular complexity index is 713. The van der Waals surface area contributed by atoms with E-state index in [-0.39, 0.29) is 26.2 Å². The molecule has 0 amide bonds. The third kappa shape index (κ3) is 20.3. The zero-order valence-corrected chi connectivity index (χ0v) is 21.1. The van der Waals surface area contributed by atoms with Crippen molar-refractivity contribution in [2.75, 3.05) is 99.1 Å². The van der Waals surface area contributed by atoms with Crippen LogP contribution in [0.3, 0.4) is 0 Å². The molecule has 0 unspecified atom stereocenters. The van der Waals surface area contributed by atoms with Crippen molar-refractivity contribution in [1.29, 1.82) is 0 Å². The molecule has 1 rings (SSSR count). The number of hydrogen-bond donors (Lipinski definition) is 1. The average Bonchev–Trinajstić information content (AvgIpc) is 2.90. The van der Waals surface area contributed by atoms with Crippen LogP contribution >= 0.6 is 0 Å². The Morgan fingerprint density at radius 1 is 0.514 bits per heavy atom. The van der Waals surface area contributed by atoms with E-state index in [1.54, 1.807) is 30.3 Å². The molecule has 0 fully saturated rings. The zero-order chi connectivity index (χ0) is 26.8. The number of carbonyl (C=O) groups is 3. The highest BCUT2D eigenvalue weighted by atomic mass is 16.6. The SMILES string of the molecule is O=C(O)CCOCCOCCOCCOCCOCCOCCOCCOC(=O)C(=O)c1ccccc1. The Morgan fingerprint density at radius 2 is 0.865 bits per heavy atom. The van der Waals surface area contributed by atoms with Crippen LogP contribution in [0.2, 0.25) is 0 Å². The van der Waals surface area contributed by atoms with E-state index in [2.05, 4.69) is 0 Å². The van der Waals surface area contributed by atoms with Gasteiger partial charge in [-0.1, -0.05) is 30.3 Å². The summed E-state index contributed by atoms with van der Waals surface area (Å²) in [4.78, 5) is 33.8. The van der Waals surface area contributed by atoms with Gasteiger partial charge in [-0.2, -0.15) is 0 Å². The number of esters is 1. The molecule has 37 heavy (non-hydrogen) atoms. The summed E-state index contributed by atoms with van der Waals surface area (Å²) in [5.74, 6) is -2.47. The highest BCUT2D eigenvalue weighted by Crippen LogP contribution is 2.01. The standard InChI is InChI=1S/C25H38O12/c26-23(27)6-7-30-8-9-31-10-11-32-12-13-33-14-15-34-16-17-35-18-19-36-20-21-37-25(29)24(28)22-4-2-1-3-5-22/h1-5H,6-21H2,(H,26,27). The molecule has 0 bridgehead atoms. The Morgan fingerprint density at radius 3 is 1.24 bits per heavy atom. The number of rotatable bonds is 26. The van der Waals surface area contributed by atoms with Crippen LogP contribution in [0.5, 0.6) is 0 Å². The van der Waals surface area contributed by atoms with Crippen molar-refractivity contribution in [3.63, 3.8) is 0 Å². The van der Waals surface area contributed by atoms with E-state index >= 15 is 0 Å². The fraction of sp³-hybridized carbons (Fsp3) is 0.640. The van der Waals surface area contributed by atoms with E-state index in [1.165, 1.54) is 0 Å². The summed E-state index contributed by atoms with van der Waals surface area (Å²) in [6.07, 6.45) is -0.0116. The fourth-order valence-corrected chi connectivity index (χ4v) is 2.55. The molecule has 0 radical (unpaired) electrons. The molecule has 0 atom stereocenters. The summed E-state index contributed by atoms with van der Waals surface area (Å²) >= 11 is 0. The number of ether oxygens (including phenoxy) is 8. The molecule has 0 aliphatic rings. The number of Topliss-reactive ketones (excluding diaryl/α,β-unsaturated/α-hetero) is 1. The number of aliphatic carboxylic acids is 1. The van der Waals surface area contributed by atoms with E-state index in [1.807, 2.05) is 0 Å². The van der Waals surface area contributed by atoms with Crippen molar-refractivity contribution in [3.05, 3.63) is 35.9 Å². The molecular formula is C25H38O12. The van der Waals surface area contributed by atoms with Gasteiger partial charge in [-0.05, 0) is 0 Å². The minimum atomic E-state index is -0.903. The number of carboxylic acids is 1. The first kappa shape index (κ1) is 32.6. The first-order chi connectivity index (χ1) is 18.1. The van der Waals surface area contributed by atoms with Crippen LogP contribution in [0.4, 0.5) is 0 Å². The lowest BCUT2D eigenvalue weighted by Gasteiger charge is -2.08. The van der Waals surface area contributed by atoms with Gasteiger partial charge < -0.3 is 43.0 Å². The first-order valence-electron chi connectivity index (χ1n) is 12.1. The Labute approximate surface area is 217 Å². The molecular weight excluding hydrogens is 492 g/mol. The number of ketones is 1. The molecule has 0 saturated carbocycles. The van der Waals surface area contributed by atoms with E-state index in [9.17, 15) is 14.4 Å². The van der Waals surface area contributed by atoms with Crippen LogP contribution in [0.1, 0.15) is 16.8 Å². The highest BCUT2D eigenvalue weighted by Gasteiger charge is 2.17. The maximum absolute atomic E-state index is 11.8. The minimum Gasteiger partial charge on any atom is -0.481 e. The average molecular weight is 531 g/mol. The van der Waals surface area contributed by atoms with Crippen molar-refractivity contribution in [1.82, 2.24) is 0 Å². The van der Waals surface area contributed by atoms with Crippen molar-refractivity contribution in [2.45, 2.75) is 6.42 Å². The lowest BCUT2D eigenvalue weighted by Crippen LogP contribution is -2.20. The van der Waals surface area contributed by atoms with Gasteiger partial charge in [0.1, 0.15) is 6.61 Å². The normalized spacial score (nSPS) is 10.9. The van der Waals surface area contributed by atoms with Gasteiger partial charge in [0.25, 0.3) is 5.78 Å². The minimum absolute atomic E-state index is 0.00759. The molecule has 0 heterocycles. The maximum atomic E-state index is 11.8. The van der Waals surface area contributed by atoms with E-state index in [0.29, 0.717) is 84.8 Å². The molecule has 0 saturated heterocycles. The van der Waals surface area contributed by atoms with Gasteiger partial charge in [-0.3, -0.25) is 9.59 Å². The summed E-state index contributed by atoms with van der Waals surface area (Å²) in [7, 11) is 0. The molecule has 12 nitrogen and oxygen atoms in total. The van der Waals surface area contributed by atoms with Gasteiger partial charge >= 0.3 is 11.9 Å². The van der Waals surface area contributed by atoms with Crippen molar-refractivity contribution in [3.8, 4) is 0 Å². The topological polar surface area (TPSA) is 145 Å². The monoisotopic (exact) mass is 530 g/mol. The lowest BCUT2D eigenvalue weighted by molar-refractivity contribution is -0.140. The summed E-state index contributed by atoms with van der Waals surface area (Å²) in [6, 6.07) is 8.22. The quantitative estimate of drug-likeness (QED) is 0.0789. The molecule has 0 aliphatic carbocycles. The largest absolute Gasteiger partial charge is 0.481 e. The van der Waals surface area contributed by atoms with Gasteiger partial charge in [0.15, 0.2) is 0 Å². The van der Waals surface area contributed by atoms with Crippen LogP contribution in [0, 0.1) is 0 Å². The molecule has 1 N–H and O–H groups in total. The summed E-state index contributed by atoms with van der Waals surface area (Å²) < 4.78 is 42.1.